The van der Waals surface area contributed by atoms with Crippen molar-refractivity contribution in [2.24, 2.45) is 0 Å². The van der Waals surface area contributed by atoms with Gasteiger partial charge in [0.2, 0.25) is 0 Å². The second-order valence-electron chi connectivity index (χ2n) is 7.85. The highest BCUT2D eigenvalue weighted by atomic mass is 35.5. The second kappa shape index (κ2) is 9.76. The molecule has 4 aromatic carbocycles. The molecule has 3 nitrogen and oxygen atoms in total. The first-order chi connectivity index (χ1) is 16.3. The van der Waals surface area contributed by atoms with E-state index in [2.05, 4.69) is 70.2 Å². The van der Waals surface area contributed by atoms with Gasteiger partial charge in [-0.3, -0.25) is 0 Å². The lowest BCUT2D eigenvalue weighted by atomic mass is 9.96. The van der Waals surface area contributed by atoms with E-state index in [9.17, 15) is 0 Å². The van der Waals surface area contributed by atoms with Crippen molar-refractivity contribution in [3.05, 3.63) is 144 Å². The third-order valence-corrected chi connectivity index (χ3v) is 6.07. The predicted molar refractivity (Wildman–Crippen MR) is 134 cm³/mol. The van der Waals surface area contributed by atoms with E-state index in [0.29, 0.717) is 11.6 Å². The summed E-state index contributed by atoms with van der Waals surface area (Å²) in [7, 11) is 0. The van der Waals surface area contributed by atoms with Crippen LogP contribution in [0.4, 0.5) is 0 Å². The third kappa shape index (κ3) is 4.84. The Morgan fingerprint density at radius 3 is 2.03 bits per heavy atom. The summed E-state index contributed by atoms with van der Waals surface area (Å²) in [6, 6.07) is 35.1. The maximum Gasteiger partial charge on any atom is 0.119 e. The van der Waals surface area contributed by atoms with Crippen LogP contribution in [-0.4, -0.2) is 9.55 Å². The Labute approximate surface area is 198 Å². The number of rotatable bonds is 7. The quantitative estimate of drug-likeness (QED) is 0.258. The molecule has 0 fully saturated rings. The van der Waals surface area contributed by atoms with Crippen LogP contribution in [0.25, 0.3) is 11.1 Å². The van der Waals surface area contributed by atoms with Crippen LogP contribution in [0.3, 0.4) is 0 Å². The first-order valence-corrected chi connectivity index (χ1v) is 11.2. The van der Waals surface area contributed by atoms with Gasteiger partial charge in [-0.1, -0.05) is 96.5 Å². The first-order valence-electron chi connectivity index (χ1n) is 10.9. The van der Waals surface area contributed by atoms with Gasteiger partial charge in [-0.15, -0.1) is 0 Å². The molecule has 4 heteroatoms. The lowest BCUT2D eigenvalue weighted by Crippen LogP contribution is -2.10. The summed E-state index contributed by atoms with van der Waals surface area (Å²) >= 11 is 6.24. The van der Waals surface area contributed by atoms with E-state index in [4.69, 9.17) is 16.3 Å². The summed E-state index contributed by atoms with van der Waals surface area (Å²) in [5, 5.41) is 0.716. The highest BCUT2D eigenvalue weighted by molar-refractivity contribution is 6.31. The van der Waals surface area contributed by atoms with E-state index in [1.165, 1.54) is 16.7 Å². The summed E-state index contributed by atoms with van der Waals surface area (Å²) in [6.07, 6.45) is 5.67. The molecule has 1 unspecified atom stereocenters. The van der Waals surface area contributed by atoms with Crippen molar-refractivity contribution in [1.29, 1.82) is 0 Å². The van der Waals surface area contributed by atoms with Crippen molar-refractivity contribution in [3.8, 4) is 16.9 Å². The number of hydrogen-bond acceptors (Lipinski definition) is 2. The second-order valence-corrected chi connectivity index (χ2v) is 8.26. The lowest BCUT2D eigenvalue weighted by molar-refractivity contribution is 0.306. The highest BCUT2D eigenvalue weighted by Crippen LogP contribution is 2.30. The van der Waals surface area contributed by atoms with Crippen LogP contribution in [0.2, 0.25) is 5.02 Å². The Morgan fingerprint density at radius 1 is 0.727 bits per heavy atom. The van der Waals surface area contributed by atoms with Gasteiger partial charge < -0.3 is 9.30 Å². The molecule has 5 aromatic rings. The maximum atomic E-state index is 6.24. The fourth-order valence-electron chi connectivity index (χ4n) is 3.97. The van der Waals surface area contributed by atoms with Crippen LogP contribution in [0.15, 0.2) is 122 Å². The van der Waals surface area contributed by atoms with Crippen molar-refractivity contribution in [2.75, 3.05) is 0 Å². The largest absolute Gasteiger partial charge is 0.489 e. The average Bonchev–Trinajstić information content (AvgIpc) is 3.40. The molecule has 162 valence electrons. The molecule has 1 atom stereocenters. The smallest absolute Gasteiger partial charge is 0.119 e. The normalized spacial score (nSPS) is 11.8. The molecule has 0 saturated carbocycles. The summed E-state index contributed by atoms with van der Waals surface area (Å²) in [5.74, 6) is 0.808. The first kappa shape index (κ1) is 21.0. The van der Waals surface area contributed by atoms with Gasteiger partial charge in [0.05, 0.1) is 12.4 Å². The van der Waals surface area contributed by atoms with Crippen LogP contribution in [0.5, 0.6) is 5.75 Å². The van der Waals surface area contributed by atoms with E-state index >= 15 is 0 Å². The topological polar surface area (TPSA) is 27.1 Å². The van der Waals surface area contributed by atoms with E-state index in [-0.39, 0.29) is 6.04 Å². The van der Waals surface area contributed by atoms with Crippen molar-refractivity contribution in [2.45, 2.75) is 12.6 Å². The zero-order valence-electron chi connectivity index (χ0n) is 18.0. The van der Waals surface area contributed by atoms with E-state index in [1.54, 1.807) is 0 Å². The van der Waals surface area contributed by atoms with Crippen LogP contribution in [0.1, 0.15) is 22.7 Å². The fraction of sp³-hybridized carbons (Fsp3) is 0.0690. The molecule has 0 N–H and O–H groups in total. The van der Waals surface area contributed by atoms with E-state index < -0.39 is 0 Å². The van der Waals surface area contributed by atoms with Gasteiger partial charge >= 0.3 is 0 Å². The molecule has 0 aliphatic rings. The predicted octanol–water partition coefficient (Wildman–Crippen LogP) is 7.42. The summed E-state index contributed by atoms with van der Waals surface area (Å²) in [4.78, 5) is 4.27. The van der Waals surface area contributed by atoms with Gasteiger partial charge in [0.15, 0.2) is 0 Å². The van der Waals surface area contributed by atoms with Gasteiger partial charge in [-0.2, -0.15) is 0 Å². The number of benzene rings is 4. The van der Waals surface area contributed by atoms with Gasteiger partial charge in [-0.05, 0) is 40.5 Å². The lowest BCUT2D eigenvalue weighted by Gasteiger charge is -2.20. The molecule has 1 aromatic heterocycles. The molecule has 0 radical (unpaired) electrons. The highest BCUT2D eigenvalue weighted by Gasteiger charge is 2.16. The molecule has 33 heavy (non-hydrogen) atoms. The van der Waals surface area contributed by atoms with E-state index in [0.717, 1.165) is 16.9 Å². The minimum absolute atomic E-state index is 0.0231. The summed E-state index contributed by atoms with van der Waals surface area (Å²) in [6.45, 7) is 0.435. The minimum atomic E-state index is 0.0231. The zero-order chi connectivity index (χ0) is 22.5. The molecule has 0 aliphatic carbocycles. The number of nitrogens with zero attached hydrogens (tertiary/aromatic N) is 2. The molecule has 0 saturated heterocycles. The number of halogens is 1. The van der Waals surface area contributed by atoms with Gasteiger partial charge in [0.25, 0.3) is 0 Å². The third-order valence-electron chi connectivity index (χ3n) is 5.70. The molecule has 0 aliphatic heterocycles. The molecule has 1 heterocycles. The van der Waals surface area contributed by atoms with Crippen LogP contribution < -0.4 is 4.74 Å². The monoisotopic (exact) mass is 450 g/mol. The maximum absolute atomic E-state index is 6.24. The summed E-state index contributed by atoms with van der Waals surface area (Å²) < 4.78 is 8.09. The van der Waals surface area contributed by atoms with Crippen LogP contribution in [0, 0.1) is 0 Å². The molecular formula is C29H23ClN2O. The molecule has 5 rings (SSSR count). The van der Waals surface area contributed by atoms with Crippen LogP contribution in [-0.2, 0) is 6.61 Å². The molecule has 0 spiro atoms. The Balaban J connectivity index is 1.39. The van der Waals surface area contributed by atoms with Crippen molar-refractivity contribution in [1.82, 2.24) is 9.55 Å². The van der Waals surface area contributed by atoms with Gasteiger partial charge in [0.1, 0.15) is 12.4 Å². The van der Waals surface area contributed by atoms with Crippen LogP contribution >= 0.6 is 11.6 Å². The Morgan fingerprint density at radius 2 is 1.36 bits per heavy atom. The Hall–Kier alpha value is -3.82. The fourth-order valence-corrected chi connectivity index (χ4v) is 4.16. The van der Waals surface area contributed by atoms with Crippen molar-refractivity contribution >= 4 is 11.6 Å². The number of ether oxygens (including phenoxy) is 1. The van der Waals surface area contributed by atoms with Gasteiger partial charge in [-0.25, -0.2) is 4.98 Å². The molecular weight excluding hydrogens is 428 g/mol. The molecule has 0 bridgehead atoms. The SMILES string of the molecule is Clc1ccccc1COc1ccc(C(c2ccc(-c3ccccc3)cc2)n2ccnc2)cc1. The van der Waals surface area contributed by atoms with Gasteiger partial charge in [0, 0.05) is 23.0 Å². The Kier molecular flexibility index (Phi) is 6.23. The van der Waals surface area contributed by atoms with Crippen molar-refractivity contribution in [3.63, 3.8) is 0 Å². The van der Waals surface area contributed by atoms with Crippen molar-refractivity contribution < 1.29 is 4.74 Å². The number of imidazole rings is 1. The number of aromatic nitrogens is 2. The number of hydrogen-bond donors (Lipinski definition) is 0. The standard InChI is InChI=1S/C29H23ClN2O/c30-28-9-5-4-8-26(28)20-33-27-16-14-25(15-17-27)29(32-19-18-31-21-32)24-12-10-23(11-13-24)22-6-2-1-3-7-22/h1-19,21,29H,20H2. The minimum Gasteiger partial charge on any atom is -0.489 e. The molecule has 0 amide bonds. The summed E-state index contributed by atoms with van der Waals surface area (Å²) in [5.41, 5.74) is 5.73. The average molecular weight is 451 g/mol. The zero-order valence-corrected chi connectivity index (χ0v) is 18.8. The Bertz CT molecular complexity index is 1300. The van der Waals surface area contributed by atoms with E-state index in [1.807, 2.05) is 61.2 Å².